The second-order valence-corrected chi connectivity index (χ2v) is 9.39. The molecule has 1 aliphatic rings. The van der Waals surface area contributed by atoms with Gasteiger partial charge in [0, 0.05) is 6.92 Å². The largest absolute Gasteiger partial charge is 0.497 e. The lowest BCUT2D eigenvalue weighted by molar-refractivity contribution is -0.225. The zero-order chi connectivity index (χ0) is 28.5. The minimum atomic E-state index is -1.48. The standard InChI is InChI=1S/C31H34O9/c1-20(32)40-28-26(33)29(37-18-22-9-13-24(35-2)14-10-22)31(39-17-21-7-5-4-6-8-21)30(27(28)34)38-19-23-11-15-25(36-3)16-12-23/h4-16,26,28-31,33H,17-19H2,1-3H3/t26-,28+,29-,30+,31+/m0/s1. The van der Waals surface area contributed by atoms with E-state index >= 15 is 0 Å². The number of benzene rings is 3. The molecule has 3 aromatic rings. The molecule has 0 aromatic heterocycles. The van der Waals surface area contributed by atoms with E-state index < -0.39 is 42.3 Å². The molecule has 0 spiro atoms. The van der Waals surface area contributed by atoms with E-state index in [1.54, 1.807) is 38.5 Å². The van der Waals surface area contributed by atoms with Crippen LogP contribution in [0.3, 0.4) is 0 Å². The van der Waals surface area contributed by atoms with Crippen molar-refractivity contribution in [1.29, 1.82) is 0 Å². The fraction of sp³-hybridized carbons (Fsp3) is 0.355. The first-order valence-electron chi connectivity index (χ1n) is 12.9. The predicted octanol–water partition coefficient (Wildman–Crippen LogP) is 3.64. The van der Waals surface area contributed by atoms with Gasteiger partial charge in [-0.05, 0) is 41.0 Å². The summed E-state index contributed by atoms with van der Waals surface area (Å²) in [6.07, 6.45) is -6.17. The lowest BCUT2D eigenvalue weighted by atomic mass is 9.85. The Morgan fingerprint density at radius 1 is 0.675 bits per heavy atom. The summed E-state index contributed by atoms with van der Waals surface area (Å²) in [4.78, 5) is 25.4. The average Bonchev–Trinajstić information content (AvgIpc) is 2.98. The number of carbonyl (C=O) groups excluding carboxylic acids is 2. The van der Waals surface area contributed by atoms with Gasteiger partial charge in [-0.3, -0.25) is 9.59 Å². The number of carbonyl (C=O) groups is 2. The number of rotatable bonds is 12. The molecular weight excluding hydrogens is 516 g/mol. The number of aliphatic hydroxyl groups is 1. The Labute approximate surface area is 233 Å². The molecule has 0 aliphatic heterocycles. The molecule has 5 atom stereocenters. The van der Waals surface area contributed by atoms with Crippen molar-refractivity contribution in [3.05, 3.63) is 95.6 Å². The molecule has 0 heterocycles. The van der Waals surface area contributed by atoms with Gasteiger partial charge in [0.15, 0.2) is 6.10 Å². The van der Waals surface area contributed by atoms with Crippen LogP contribution in [0.15, 0.2) is 78.9 Å². The number of Topliss-reactive ketones (excluding diaryl/α,β-unsaturated/α-hetero) is 1. The molecule has 1 fully saturated rings. The van der Waals surface area contributed by atoms with Gasteiger partial charge in [-0.1, -0.05) is 54.6 Å². The molecule has 0 saturated heterocycles. The topological polar surface area (TPSA) is 110 Å². The third-order valence-electron chi connectivity index (χ3n) is 6.60. The summed E-state index contributed by atoms with van der Waals surface area (Å²) >= 11 is 0. The summed E-state index contributed by atoms with van der Waals surface area (Å²) in [6, 6.07) is 23.9. The quantitative estimate of drug-likeness (QED) is 0.338. The van der Waals surface area contributed by atoms with E-state index in [9.17, 15) is 14.7 Å². The van der Waals surface area contributed by atoms with E-state index in [0.29, 0.717) is 11.5 Å². The molecule has 0 radical (unpaired) electrons. The van der Waals surface area contributed by atoms with Gasteiger partial charge in [-0.2, -0.15) is 0 Å². The molecule has 4 rings (SSSR count). The summed E-state index contributed by atoms with van der Waals surface area (Å²) < 4.78 is 34.2. The minimum absolute atomic E-state index is 0.0691. The van der Waals surface area contributed by atoms with Crippen LogP contribution in [0.25, 0.3) is 0 Å². The normalized spacial score (nSPS) is 22.5. The first kappa shape index (κ1) is 29.2. The second-order valence-electron chi connectivity index (χ2n) is 9.39. The molecule has 212 valence electrons. The highest BCUT2D eigenvalue weighted by atomic mass is 16.6. The van der Waals surface area contributed by atoms with Gasteiger partial charge in [-0.15, -0.1) is 0 Å². The van der Waals surface area contributed by atoms with Gasteiger partial charge in [0.2, 0.25) is 5.78 Å². The number of hydrogen-bond donors (Lipinski definition) is 1. The summed E-state index contributed by atoms with van der Waals surface area (Å²) in [5.74, 6) is 0.0760. The SMILES string of the molecule is COc1ccc(CO[C@H]2[C@@H](O)[C@@H](OC(C)=O)C(=O)[C@@H](OCc3ccc(OC)cc3)[C@@H]2OCc2ccccc2)cc1. The van der Waals surface area contributed by atoms with Crippen LogP contribution in [0.4, 0.5) is 0 Å². The Hall–Kier alpha value is -3.76. The molecule has 3 aromatic carbocycles. The maximum absolute atomic E-state index is 13.6. The monoisotopic (exact) mass is 550 g/mol. The van der Waals surface area contributed by atoms with Crippen molar-refractivity contribution in [2.45, 2.75) is 57.3 Å². The number of ketones is 1. The van der Waals surface area contributed by atoms with E-state index in [2.05, 4.69) is 0 Å². The smallest absolute Gasteiger partial charge is 0.303 e. The molecule has 0 amide bonds. The molecule has 9 heteroatoms. The highest BCUT2D eigenvalue weighted by Gasteiger charge is 2.53. The van der Waals surface area contributed by atoms with Crippen LogP contribution in [-0.2, 0) is 48.4 Å². The number of esters is 1. The van der Waals surface area contributed by atoms with Crippen LogP contribution >= 0.6 is 0 Å². The summed E-state index contributed by atoms with van der Waals surface area (Å²) in [5.41, 5.74) is 2.47. The third-order valence-corrected chi connectivity index (χ3v) is 6.60. The van der Waals surface area contributed by atoms with Crippen molar-refractivity contribution >= 4 is 11.8 Å². The summed E-state index contributed by atoms with van der Waals surface area (Å²) in [7, 11) is 3.16. The Kier molecular flexibility index (Phi) is 10.3. The summed E-state index contributed by atoms with van der Waals surface area (Å²) in [6.45, 7) is 1.50. The van der Waals surface area contributed by atoms with E-state index in [0.717, 1.165) is 16.7 Å². The van der Waals surface area contributed by atoms with Gasteiger partial charge >= 0.3 is 5.97 Å². The van der Waals surface area contributed by atoms with Gasteiger partial charge in [0.05, 0.1) is 34.0 Å². The van der Waals surface area contributed by atoms with E-state index in [-0.39, 0.29) is 19.8 Å². The van der Waals surface area contributed by atoms with Gasteiger partial charge in [-0.25, -0.2) is 0 Å². The molecule has 9 nitrogen and oxygen atoms in total. The molecular formula is C31H34O9. The van der Waals surface area contributed by atoms with Crippen molar-refractivity contribution in [2.75, 3.05) is 14.2 Å². The molecule has 0 unspecified atom stereocenters. The van der Waals surface area contributed by atoms with E-state index in [1.165, 1.54) is 6.92 Å². The number of hydrogen-bond acceptors (Lipinski definition) is 9. The van der Waals surface area contributed by atoms with Gasteiger partial charge < -0.3 is 33.5 Å². The predicted molar refractivity (Wildman–Crippen MR) is 145 cm³/mol. The Bertz CT molecular complexity index is 1230. The maximum atomic E-state index is 13.6. The molecule has 1 saturated carbocycles. The Morgan fingerprint density at radius 2 is 1.15 bits per heavy atom. The van der Waals surface area contributed by atoms with Crippen LogP contribution in [0.2, 0.25) is 0 Å². The third kappa shape index (κ3) is 7.45. The van der Waals surface area contributed by atoms with Crippen molar-refractivity contribution in [1.82, 2.24) is 0 Å². The van der Waals surface area contributed by atoms with E-state index in [1.807, 2.05) is 54.6 Å². The van der Waals surface area contributed by atoms with Crippen molar-refractivity contribution in [3.63, 3.8) is 0 Å². The van der Waals surface area contributed by atoms with E-state index in [4.69, 9.17) is 28.4 Å². The molecule has 1 aliphatic carbocycles. The van der Waals surface area contributed by atoms with Crippen LogP contribution in [0, 0.1) is 0 Å². The zero-order valence-corrected chi connectivity index (χ0v) is 22.7. The van der Waals surface area contributed by atoms with Crippen LogP contribution < -0.4 is 9.47 Å². The molecule has 40 heavy (non-hydrogen) atoms. The van der Waals surface area contributed by atoms with Crippen molar-refractivity contribution < 1.29 is 43.1 Å². The second kappa shape index (κ2) is 14.0. The summed E-state index contributed by atoms with van der Waals surface area (Å²) in [5, 5.41) is 11.2. The van der Waals surface area contributed by atoms with Crippen LogP contribution in [-0.4, -0.2) is 61.6 Å². The first-order valence-corrected chi connectivity index (χ1v) is 12.9. The zero-order valence-electron chi connectivity index (χ0n) is 22.7. The fourth-order valence-corrected chi connectivity index (χ4v) is 4.48. The number of aliphatic hydroxyl groups excluding tert-OH is 1. The fourth-order valence-electron chi connectivity index (χ4n) is 4.48. The minimum Gasteiger partial charge on any atom is -0.497 e. The number of methoxy groups -OCH3 is 2. The van der Waals surface area contributed by atoms with Crippen molar-refractivity contribution in [2.24, 2.45) is 0 Å². The lowest BCUT2D eigenvalue weighted by Crippen LogP contribution is -2.64. The van der Waals surface area contributed by atoms with Crippen LogP contribution in [0.5, 0.6) is 11.5 Å². The first-order chi connectivity index (χ1) is 19.4. The molecule has 1 N–H and O–H groups in total. The lowest BCUT2D eigenvalue weighted by Gasteiger charge is -2.42. The van der Waals surface area contributed by atoms with Crippen LogP contribution in [0.1, 0.15) is 23.6 Å². The number of ether oxygens (including phenoxy) is 6. The maximum Gasteiger partial charge on any atom is 0.303 e. The van der Waals surface area contributed by atoms with Gasteiger partial charge in [0.25, 0.3) is 0 Å². The Morgan fingerprint density at radius 3 is 1.65 bits per heavy atom. The Balaban J connectivity index is 1.60. The van der Waals surface area contributed by atoms with Gasteiger partial charge in [0.1, 0.15) is 35.9 Å². The average molecular weight is 551 g/mol. The highest BCUT2D eigenvalue weighted by molar-refractivity contribution is 5.91. The van der Waals surface area contributed by atoms with Crippen molar-refractivity contribution in [3.8, 4) is 11.5 Å². The highest BCUT2D eigenvalue weighted by Crippen LogP contribution is 2.30. The molecule has 0 bridgehead atoms.